The van der Waals surface area contributed by atoms with Crippen LogP contribution >= 0.6 is 0 Å². The van der Waals surface area contributed by atoms with Crippen LogP contribution in [-0.2, 0) is 10.4 Å². The number of rotatable bonds is 4. The van der Waals surface area contributed by atoms with Crippen LogP contribution in [0.5, 0.6) is 0 Å². The van der Waals surface area contributed by atoms with Crippen LogP contribution < -0.4 is 0 Å². The molecular weight excluding hydrogens is 242 g/mol. The Labute approximate surface area is 113 Å². The Morgan fingerprint density at radius 3 is 2.42 bits per heavy atom. The molecule has 0 spiro atoms. The Balaban J connectivity index is 2.27. The lowest BCUT2D eigenvalue weighted by Gasteiger charge is -2.40. The van der Waals surface area contributed by atoms with Gasteiger partial charge in [0.05, 0.1) is 6.42 Å². The van der Waals surface area contributed by atoms with Crippen LogP contribution in [0.3, 0.4) is 0 Å². The summed E-state index contributed by atoms with van der Waals surface area (Å²) < 4.78 is 0. The van der Waals surface area contributed by atoms with Crippen molar-refractivity contribution < 1.29 is 15.0 Å². The fourth-order valence-electron chi connectivity index (χ4n) is 2.93. The van der Waals surface area contributed by atoms with Crippen molar-refractivity contribution in [2.75, 3.05) is 20.1 Å². The molecule has 104 valence electrons. The summed E-state index contributed by atoms with van der Waals surface area (Å²) in [6.45, 7) is 1.80. The van der Waals surface area contributed by atoms with Gasteiger partial charge >= 0.3 is 5.97 Å². The van der Waals surface area contributed by atoms with Crippen molar-refractivity contribution in [3.8, 4) is 0 Å². The molecule has 1 atom stereocenters. The van der Waals surface area contributed by atoms with Gasteiger partial charge in [0, 0.05) is 0 Å². The van der Waals surface area contributed by atoms with Crippen molar-refractivity contribution in [3.05, 3.63) is 35.9 Å². The predicted molar refractivity (Wildman–Crippen MR) is 72.8 cm³/mol. The zero-order valence-electron chi connectivity index (χ0n) is 11.2. The van der Waals surface area contributed by atoms with E-state index >= 15 is 0 Å². The van der Waals surface area contributed by atoms with Gasteiger partial charge in [-0.25, -0.2) is 0 Å². The summed E-state index contributed by atoms with van der Waals surface area (Å²) in [6, 6.07) is 9.20. The molecule has 0 bridgehead atoms. The molecule has 2 rings (SSSR count). The molecule has 4 heteroatoms. The first-order valence-electron chi connectivity index (χ1n) is 6.70. The molecule has 1 aromatic carbocycles. The number of hydrogen-bond acceptors (Lipinski definition) is 3. The number of carboxylic acid groups (broad SMARTS) is 1. The lowest BCUT2D eigenvalue weighted by Crippen LogP contribution is -2.43. The topological polar surface area (TPSA) is 60.8 Å². The van der Waals surface area contributed by atoms with E-state index in [1.54, 1.807) is 0 Å². The first-order valence-corrected chi connectivity index (χ1v) is 6.70. The number of carboxylic acids is 1. The maximum absolute atomic E-state index is 11.1. The molecule has 0 radical (unpaired) electrons. The number of likely N-dealkylation sites (tertiary alicyclic amines) is 1. The molecule has 1 aliphatic heterocycles. The molecule has 0 aliphatic carbocycles. The normalized spacial score (nSPS) is 20.9. The Morgan fingerprint density at radius 2 is 1.89 bits per heavy atom. The van der Waals surface area contributed by atoms with E-state index in [0.29, 0.717) is 5.56 Å². The van der Waals surface area contributed by atoms with Crippen LogP contribution in [-0.4, -0.2) is 41.2 Å². The summed E-state index contributed by atoms with van der Waals surface area (Å²) in [5.74, 6) is -0.951. The lowest BCUT2D eigenvalue weighted by molar-refractivity contribution is -0.147. The highest BCUT2D eigenvalue weighted by Gasteiger charge is 2.41. The molecule has 19 heavy (non-hydrogen) atoms. The number of benzene rings is 1. The average molecular weight is 263 g/mol. The minimum atomic E-state index is -1.26. The highest BCUT2D eigenvalue weighted by molar-refractivity contribution is 5.68. The zero-order chi connectivity index (χ0) is 13.9. The number of piperidine rings is 1. The summed E-state index contributed by atoms with van der Waals surface area (Å²) in [7, 11) is 2.05. The maximum Gasteiger partial charge on any atom is 0.306 e. The molecule has 0 aromatic heterocycles. The molecule has 1 aromatic rings. The average Bonchev–Trinajstić information content (AvgIpc) is 2.39. The van der Waals surface area contributed by atoms with Gasteiger partial charge in [0.1, 0.15) is 5.60 Å². The van der Waals surface area contributed by atoms with Crippen LogP contribution in [0.1, 0.15) is 24.8 Å². The van der Waals surface area contributed by atoms with E-state index in [9.17, 15) is 9.90 Å². The second-order valence-electron chi connectivity index (χ2n) is 5.44. The second-order valence-corrected chi connectivity index (χ2v) is 5.44. The molecule has 0 unspecified atom stereocenters. The van der Waals surface area contributed by atoms with Crippen LogP contribution in [0.25, 0.3) is 0 Å². The fourth-order valence-corrected chi connectivity index (χ4v) is 2.93. The minimum Gasteiger partial charge on any atom is -0.481 e. The first kappa shape index (κ1) is 14.0. The van der Waals surface area contributed by atoms with Crippen molar-refractivity contribution >= 4 is 5.97 Å². The van der Waals surface area contributed by atoms with Gasteiger partial charge in [0.15, 0.2) is 0 Å². The highest BCUT2D eigenvalue weighted by Crippen LogP contribution is 2.39. The summed E-state index contributed by atoms with van der Waals surface area (Å²) in [5.41, 5.74) is -0.541. The lowest BCUT2D eigenvalue weighted by atomic mass is 9.74. The SMILES string of the molecule is CN1CCC([C@@](O)(CC(=O)O)c2ccccc2)CC1. The van der Waals surface area contributed by atoms with Gasteiger partial charge in [-0.05, 0) is 44.5 Å². The van der Waals surface area contributed by atoms with Gasteiger partial charge < -0.3 is 15.1 Å². The Bertz CT molecular complexity index is 426. The standard InChI is InChI=1S/C15H21NO3/c1-16-9-7-13(8-10-16)15(19,11-14(17)18)12-5-3-2-4-6-12/h2-6,13,19H,7-11H2,1H3,(H,17,18)/t15-/m1/s1. The minimum absolute atomic E-state index is 0.00204. The van der Waals surface area contributed by atoms with Crippen LogP contribution in [0.15, 0.2) is 30.3 Å². The largest absolute Gasteiger partial charge is 0.481 e. The van der Waals surface area contributed by atoms with Crippen molar-refractivity contribution in [1.29, 1.82) is 0 Å². The molecular formula is C15H21NO3. The Kier molecular flexibility index (Phi) is 4.22. The number of nitrogens with zero attached hydrogens (tertiary/aromatic N) is 1. The number of hydrogen-bond donors (Lipinski definition) is 2. The third kappa shape index (κ3) is 3.14. The predicted octanol–water partition coefficient (Wildman–Crippen LogP) is 1.69. The van der Waals surface area contributed by atoms with Crippen molar-refractivity contribution in [1.82, 2.24) is 4.90 Å². The van der Waals surface area contributed by atoms with Crippen molar-refractivity contribution in [3.63, 3.8) is 0 Å². The summed E-state index contributed by atoms with van der Waals surface area (Å²) in [5, 5.41) is 20.1. The first-order chi connectivity index (χ1) is 9.02. The van der Waals surface area contributed by atoms with Gasteiger partial charge in [-0.15, -0.1) is 0 Å². The maximum atomic E-state index is 11.1. The number of aliphatic carboxylic acids is 1. The molecule has 2 N–H and O–H groups in total. The zero-order valence-corrected chi connectivity index (χ0v) is 11.2. The molecule has 0 saturated carbocycles. The van der Waals surface area contributed by atoms with Crippen LogP contribution in [0.2, 0.25) is 0 Å². The molecule has 1 heterocycles. The highest BCUT2D eigenvalue weighted by atomic mass is 16.4. The van der Waals surface area contributed by atoms with Crippen molar-refractivity contribution in [2.24, 2.45) is 5.92 Å². The van der Waals surface area contributed by atoms with Gasteiger partial charge in [-0.3, -0.25) is 4.79 Å². The molecule has 1 aliphatic rings. The second kappa shape index (κ2) is 5.72. The third-order valence-electron chi connectivity index (χ3n) is 4.09. The molecule has 0 amide bonds. The van der Waals surface area contributed by atoms with Gasteiger partial charge in [0.2, 0.25) is 0 Å². The third-order valence-corrected chi connectivity index (χ3v) is 4.09. The Morgan fingerprint density at radius 1 is 1.32 bits per heavy atom. The van der Waals surface area contributed by atoms with E-state index < -0.39 is 11.6 Å². The fraction of sp³-hybridized carbons (Fsp3) is 0.533. The van der Waals surface area contributed by atoms with E-state index in [1.807, 2.05) is 30.3 Å². The van der Waals surface area contributed by atoms with E-state index in [2.05, 4.69) is 11.9 Å². The smallest absolute Gasteiger partial charge is 0.306 e. The monoisotopic (exact) mass is 263 g/mol. The summed E-state index contributed by atoms with van der Waals surface area (Å²) in [4.78, 5) is 13.3. The van der Waals surface area contributed by atoms with Crippen LogP contribution in [0, 0.1) is 5.92 Å². The van der Waals surface area contributed by atoms with E-state index in [0.717, 1.165) is 25.9 Å². The van der Waals surface area contributed by atoms with Gasteiger partial charge in [-0.1, -0.05) is 30.3 Å². The summed E-state index contributed by atoms with van der Waals surface area (Å²) in [6.07, 6.45) is 1.43. The van der Waals surface area contributed by atoms with E-state index in [-0.39, 0.29) is 12.3 Å². The van der Waals surface area contributed by atoms with Gasteiger partial charge in [-0.2, -0.15) is 0 Å². The van der Waals surface area contributed by atoms with Gasteiger partial charge in [0.25, 0.3) is 0 Å². The van der Waals surface area contributed by atoms with Crippen LogP contribution in [0.4, 0.5) is 0 Å². The molecule has 1 fully saturated rings. The van der Waals surface area contributed by atoms with E-state index in [4.69, 9.17) is 5.11 Å². The molecule has 1 saturated heterocycles. The summed E-state index contributed by atoms with van der Waals surface area (Å²) >= 11 is 0. The van der Waals surface area contributed by atoms with Crippen molar-refractivity contribution in [2.45, 2.75) is 24.9 Å². The Hall–Kier alpha value is -1.39. The van der Waals surface area contributed by atoms with E-state index in [1.165, 1.54) is 0 Å². The number of carbonyl (C=O) groups is 1. The molecule has 4 nitrogen and oxygen atoms in total. The number of aliphatic hydroxyl groups is 1. The quantitative estimate of drug-likeness (QED) is 0.868.